The number of aryl methyl sites for hydroxylation is 3. The summed E-state index contributed by atoms with van der Waals surface area (Å²) in [5, 5.41) is 1.41. The van der Waals surface area contributed by atoms with Gasteiger partial charge in [-0.1, -0.05) is 65.8 Å². The molecule has 0 saturated heterocycles. The maximum Gasteiger partial charge on any atom is 0.329 e. The first-order valence-corrected chi connectivity index (χ1v) is 11.0. The molecule has 0 saturated carbocycles. The Balaban J connectivity index is 1.64. The predicted molar refractivity (Wildman–Crippen MR) is 121 cm³/mol. The molecule has 154 valence electrons. The van der Waals surface area contributed by atoms with Crippen molar-refractivity contribution in [3.05, 3.63) is 91.6 Å². The minimum absolute atomic E-state index is 0.404. The molecule has 6 nitrogen and oxygen atoms in total. The van der Waals surface area contributed by atoms with E-state index in [2.05, 4.69) is 22.1 Å². The highest BCUT2D eigenvalue weighted by Crippen LogP contribution is 2.26. The number of halogens is 1. The summed E-state index contributed by atoms with van der Waals surface area (Å²) in [5.74, 6) is 0.686. The Morgan fingerprint density at radius 1 is 1.03 bits per heavy atom. The fourth-order valence-electron chi connectivity index (χ4n) is 3.35. The van der Waals surface area contributed by atoms with Crippen molar-refractivity contribution in [2.24, 2.45) is 7.05 Å². The van der Waals surface area contributed by atoms with Gasteiger partial charge in [-0.15, -0.1) is 0 Å². The third-order valence-electron chi connectivity index (χ3n) is 4.94. The van der Waals surface area contributed by atoms with Gasteiger partial charge in [-0.05, 0) is 36.1 Å². The standard InChI is InChI=1S/C22H21ClN4O2S/c1-26-19-18(20(28)25-21(26)29)27(13-5-8-15-6-3-2-4-7-15)22(24-19)30-14-16-9-11-17(23)12-10-16/h2-4,6-7,9-12H,5,8,13-14H2,1H3,(H,25,28,29). The maximum absolute atomic E-state index is 12.6. The van der Waals surface area contributed by atoms with Crippen LogP contribution in [0.2, 0.25) is 5.02 Å². The molecule has 0 bridgehead atoms. The average Bonchev–Trinajstić information content (AvgIpc) is 3.12. The summed E-state index contributed by atoms with van der Waals surface area (Å²) in [6.45, 7) is 0.635. The second-order valence-electron chi connectivity index (χ2n) is 7.04. The summed E-state index contributed by atoms with van der Waals surface area (Å²) in [7, 11) is 1.62. The monoisotopic (exact) mass is 440 g/mol. The lowest BCUT2D eigenvalue weighted by Crippen LogP contribution is -2.29. The molecule has 0 amide bonds. The number of aromatic nitrogens is 4. The van der Waals surface area contributed by atoms with Gasteiger partial charge in [0.15, 0.2) is 16.3 Å². The minimum Gasteiger partial charge on any atom is -0.313 e. The number of nitrogens with zero attached hydrogens (tertiary/aromatic N) is 3. The van der Waals surface area contributed by atoms with Gasteiger partial charge in [-0.25, -0.2) is 9.78 Å². The highest BCUT2D eigenvalue weighted by molar-refractivity contribution is 7.98. The van der Waals surface area contributed by atoms with Crippen LogP contribution < -0.4 is 11.2 Å². The predicted octanol–water partition coefficient (Wildman–Crippen LogP) is 4.00. The van der Waals surface area contributed by atoms with Crippen molar-refractivity contribution in [2.45, 2.75) is 30.3 Å². The SMILES string of the molecule is Cn1c(=O)[nH]c(=O)c2c1nc(SCc1ccc(Cl)cc1)n2CCCc1ccccc1. The molecule has 0 aliphatic heterocycles. The van der Waals surface area contributed by atoms with E-state index in [0.29, 0.717) is 28.5 Å². The van der Waals surface area contributed by atoms with Crippen molar-refractivity contribution in [1.29, 1.82) is 0 Å². The first-order chi connectivity index (χ1) is 14.5. The van der Waals surface area contributed by atoms with Crippen LogP contribution in [0.15, 0.2) is 69.3 Å². The van der Waals surface area contributed by atoms with Gasteiger partial charge in [-0.2, -0.15) is 0 Å². The van der Waals surface area contributed by atoms with Gasteiger partial charge in [-0.3, -0.25) is 14.3 Å². The molecule has 4 aromatic rings. The number of fused-ring (bicyclic) bond motifs is 1. The molecule has 0 aliphatic carbocycles. The number of hydrogen-bond acceptors (Lipinski definition) is 4. The van der Waals surface area contributed by atoms with Crippen molar-refractivity contribution in [1.82, 2.24) is 19.1 Å². The van der Waals surface area contributed by atoms with E-state index in [-0.39, 0.29) is 0 Å². The van der Waals surface area contributed by atoms with E-state index in [9.17, 15) is 9.59 Å². The van der Waals surface area contributed by atoms with E-state index in [1.54, 1.807) is 18.8 Å². The Morgan fingerprint density at radius 3 is 2.50 bits per heavy atom. The second-order valence-corrected chi connectivity index (χ2v) is 8.42. The van der Waals surface area contributed by atoms with Crippen LogP contribution in [0.25, 0.3) is 11.2 Å². The molecule has 0 radical (unpaired) electrons. The highest BCUT2D eigenvalue weighted by Gasteiger charge is 2.17. The largest absolute Gasteiger partial charge is 0.329 e. The van der Waals surface area contributed by atoms with Gasteiger partial charge in [0.05, 0.1) is 0 Å². The average molecular weight is 441 g/mol. The van der Waals surface area contributed by atoms with Crippen LogP contribution in [0, 0.1) is 0 Å². The molecular weight excluding hydrogens is 420 g/mol. The maximum atomic E-state index is 12.6. The number of rotatable bonds is 7. The van der Waals surface area contributed by atoms with E-state index < -0.39 is 11.2 Å². The Morgan fingerprint density at radius 2 is 1.77 bits per heavy atom. The quantitative estimate of drug-likeness (QED) is 0.441. The number of H-pyrrole nitrogens is 1. The first kappa shape index (κ1) is 20.5. The molecule has 0 aliphatic rings. The zero-order valence-corrected chi connectivity index (χ0v) is 18.0. The smallest absolute Gasteiger partial charge is 0.313 e. The normalized spacial score (nSPS) is 11.3. The molecule has 30 heavy (non-hydrogen) atoms. The van der Waals surface area contributed by atoms with E-state index in [1.165, 1.54) is 10.1 Å². The van der Waals surface area contributed by atoms with Crippen molar-refractivity contribution < 1.29 is 0 Å². The number of nitrogens with one attached hydrogen (secondary N) is 1. The van der Waals surface area contributed by atoms with Crippen molar-refractivity contribution >= 4 is 34.5 Å². The van der Waals surface area contributed by atoms with Crippen LogP contribution in [0.1, 0.15) is 17.5 Å². The lowest BCUT2D eigenvalue weighted by atomic mass is 10.1. The van der Waals surface area contributed by atoms with Gasteiger partial charge in [0.1, 0.15) is 0 Å². The third-order valence-corrected chi connectivity index (χ3v) is 6.24. The van der Waals surface area contributed by atoms with E-state index >= 15 is 0 Å². The van der Waals surface area contributed by atoms with Crippen molar-refractivity contribution in [3.63, 3.8) is 0 Å². The molecule has 2 aromatic heterocycles. The molecule has 4 rings (SSSR count). The van der Waals surface area contributed by atoms with E-state index in [1.807, 2.05) is 47.0 Å². The van der Waals surface area contributed by atoms with Crippen LogP contribution in [0.3, 0.4) is 0 Å². The number of aromatic amines is 1. The summed E-state index contributed by atoms with van der Waals surface area (Å²) >= 11 is 7.51. The molecule has 1 N–H and O–H groups in total. The van der Waals surface area contributed by atoms with E-state index in [4.69, 9.17) is 11.6 Å². The van der Waals surface area contributed by atoms with Crippen LogP contribution in [-0.4, -0.2) is 19.1 Å². The zero-order valence-electron chi connectivity index (χ0n) is 16.5. The van der Waals surface area contributed by atoms with Gasteiger partial charge in [0.2, 0.25) is 0 Å². The summed E-state index contributed by atoms with van der Waals surface area (Å²) in [4.78, 5) is 31.6. The molecule has 8 heteroatoms. The first-order valence-electron chi connectivity index (χ1n) is 9.63. The second kappa shape index (κ2) is 8.93. The molecule has 0 unspecified atom stereocenters. The fourth-order valence-corrected chi connectivity index (χ4v) is 4.45. The van der Waals surface area contributed by atoms with Crippen LogP contribution in [-0.2, 0) is 25.8 Å². The number of thioether (sulfide) groups is 1. The number of benzene rings is 2. The Bertz CT molecular complexity index is 1280. The van der Waals surface area contributed by atoms with Gasteiger partial charge >= 0.3 is 5.69 Å². The lowest BCUT2D eigenvalue weighted by molar-refractivity contribution is 0.608. The number of imidazole rings is 1. The molecule has 0 atom stereocenters. The van der Waals surface area contributed by atoms with Crippen molar-refractivity contribution in [2.75, 3.05) is 0 Å². The Hall–Kier alpha value is -2.77. The Labute approximate surface area is 182 Å². The molecular formula is C22H21ClN4O2S. The Kier molecular flexibility index (Phi) is 6.11. The summed E-state index contributed by atoms with van der Waals surface area (Å²) in [6.07, 6.45) is 1.75. The van der Waals surface area contributed by atoms with Crippen LogP contribution in [0.5, 0.6) is 0 Å². The van der Waals surface area contributed by atoms with E-state index in [0.717, 1.165) is 23.6 Å². The molecule has 0 spiro atoms. The van der Waals surface area contributed by atoms with Crippen molar-refractivity contribution in [3.8, 4) is 0 Å². The fraction of sp³-hybridized carbons (Fsp3) is 0.227. The van der Waals surface area contributed by atoms with Gasteiger partial charge in [0.25, 0.3) is 5.56 Å². The number of hydrogen-bond donors (Lipinski definition) is 1. The summed E-state index contributed by atoms with van der Waals surface area (Å²) < 4.78 is 3.31. The van der Waals surface area contributed by atoms with Gasteiger partial charge in [0, 0.05) is 24.4 Å². The zero-order chi connectivity index (χ0) is 21.1. The molecule has 2 aromatic carbocycles. The third kappa shape index (κ3) is 4.37. The minimum atomic E-state index is -0.462. The summed E-state index contributed by atoms with van der Waals surface area (Å²) in [5.41, 5.74) is 2.33. The topological polar surface area (TPSA) is 72.7 Å². The summed E-state index contributed by atoms with van der Waals surface area (Å²) in [6, 6.07) is 17.9. The highest BCUT2D eigenvalue weighted by atomic mass is 35.5. The molecule has 0 fully saturated rings. The lowest BCUT2D eigenvalue weighted by Gasteiger charge is -2.09. The van der Waals surface area contributed by atoms with Crippen LogP contribution in [0.4, 0.5) is 0 Å². The molecule has 2 heterocycles. The van der Waals surface area contributed by atoms with Crippen LogP contribution >= 0.6 is 23.4 Å². The van der Waals surface area contributed by atoms with Gasteiger partial charge < -0.3 is 4.57 Å².